The Bertz CT molecular complexity index is 434. The van der Waals surface area contributed by atoms with Gasteiger partial charge in [0, 0.05) is 4.47 Å². The molecule has 0 aliphatic carbocycles. The minimum atomic E-state index is -0.0190. The Morgan fingerprint density at radius 3 is 3.00 bits per heavy atom. The smallest absolute Gasteiger partial charge is 0.391 e. The first-order valence-electron chi connectivity index (χ1n) is 4.75. The molecule has 0 spiro atoms. The fraction of sp³-hybridized carbons (Fsp3) is 0.100. The number of hydrogen-bond donors (Lipinski definition) is 5. The minimum Gasteiger partial charge on any atom is -0.463 e. The van der Waals surface area contributed by atoms with Gasteiger partial charge in [0.2, 0.25) is 0 Å². The van der Waals surface area contributed by atoms with Crippen LogP contribution in [0.25, 0.3) is 0 Å². The Kier molecular flexibility index (Phi) is 5.31. The van der Waals surface area contributed by atoms with E-state index in [1.54, 1.807) is 5.48 Å². The predicted molar refractivity (Wildman–Crippen MR) is 66.9 cm³/mol. The van der Waals surface area contributed by atoms with Crippen LogP contribution in [0.1, 0.15) is 5.56 Å². The van der Waals surface area contributed by atoms with Gasteiger partial charge in [0.25, 0.3) is 0 Å². The summed E-state index contributed by atoms with van der Waals surface area (Å²) < 4.78 is 6.37. The normalized spacial score (nSPS) is 11.6. The molecule has 0 aliphatic rings. The molecule has 0 aromatic heterocycles. The number of hydrazone groups is 1. The van der Waals surface area contributed by atoms with Crippen LogP contribution in [0.15, 0.2) is 35.1 Å². The van der Waals surface area contributed by atoms with Gasteiger partial charge in [-0.25, -0.2) is 5.21 Å². The molecule has 0 fully saturated rings. The first-order chi connectivity index (χ1) is 8.13. The number of nitrogens with one attached hydrogen (secondary N) is 3. The van der Waals surface area contributed by atoms with E-state index in [4.69, 9.17) is 15.7 Å². The van der Waals surface area contributed by atoms with E-state index in [1.807, 2.05) is 25.1 Å². The first kappa shape index (κ1) is 13.3. The number of nitrogens with two attached hydrogens (primary N) is 1. The number of rotatable bonds is 4. The number of aryl methyl sites for hydroxylation is 1. The number of benzene rings is 1. The fourth-order valence-electron chi connectivity index (χ4n) is 1.03. The third kappa shape index (κ3) is 4.75. The molecular formula is C10H14BrN4O2+. The van der Waals surface area contributed by atoms with E-state index < -0.39 is 0 Å². The zero-order chi connectivity index (χ0) is 12.7. The molecule has 0 bridgehead atoms. The summed E-state index contributed by atoms with van der Waals surface area (Å²) in [6.07, 6.45) is 2.94. The van der Waals surface area contributed by atoms with Gasteiger partial charge in [-0.15, -0.1) is 5.48 Å². The standard InChI is InChI=1S/C10H13BrN4O2/c1-7-6-8(11)2-3-9(7)17-5-4-13-14-10(12)15-16/h2-6,13,16H,1H3,(H3,12,14,15)/p+1/b5-4+. The van der Waals surface area contributed by atoms with E-state index >= 15 is 0 Å². The van der Waals surface area contributed by atoms with Gasteiger partial charge >= 0.3 is 5.96 Å². The highest BCUT2D eigenvalue weighted by Gasteiger charge is 1.97. The number of halogens is 1. The maximum absolute atomic E-state index is 8.36. The topological polar surface area (TPSA) is 93.5 Å². The van der Waals surface area contributed by atoms with Crippen LogP contribution < -0.4 is 26.5 Å². The molecule has 1 aromatic carbocycles. The van der Waals surface area contributed by atoms with E-state index in [0.717, 1.165) is 15.8 Å². The number of hydroxylamine groups is 1. The van der Waals surface area contributed by atoms with Gasteiger partial charge < -0.3 is 4.74 Å². The summed E-state index contributed by atoms with van der Waals surface area (Å²) >= 11 is 3.37. The van der Waals surface area contributed by atoms with Crippen LogP contribution >= 0.6 is 15.9 Å². The molecule has 1 aromatic rings. The van der Waals surface area contributed by atoms with Crippen molar-refractivity contribution in [3.05, 3.63) is 40.7 Å². The molecule has 6 N–H and O–H groups in total. The third-order valence-corrected chi connectivity index (χ3v) is 2.30. The quantitative estimate of drug-likeness (QED) is 0.223. The van der Waals surface area contributed by atoms with Crippen molar-refractivity contribution in [3.8, 4) is 5.75 Å². The molecule has 7 heteroatoms. The zero-order valence-electron chi connectivity index (χ0n) is 9.20. The Hall–Kier alpha value is -1.73. The summed E-state index contributed by atoms with van der Waals surface area (Å²) in [5.74, 6) is 0.734. The lowest BCUT2D eigenvalue weighted by Gasteiger charge is -2.04. The molecule has 0 heterocycles. The van der Waals surface area contributed by atoms with Crippen LogP contribution in [-0.4, -0.2) is 11.2 Å². The van der Waals surface area contributed by atoms with Crippen molar-refractivity contribution in [2.45, 2.75) is 6.92 Å². The molecule has 0 aliphatic heterocycles. The summed E-state index contributed by atoms with van der Waals surface area (Å²) in [5.41, 5.74) is 10.5. The van der Waals surface area contributed by atoms with E-state index in [-0.39, 0.29) is 5.96 Å². The van der Waals surface area contributed by atoms with Gasteiger partial charge in [-0.1, -0.05) is 15.9 Å². The molecule has 0 atom stereocenters. The second-order valence-corrected chi connectivity index (χ2v) is 4.04. The van der Waals surface area contributed by atoms with Crippen molar-refractivity contribution in [1.82, 2.24) is 10.9 Å². The van der Waals surface area contributed by atoms with E-state index in [2.05, 4.69) is 26.5 Å². The molecule has 1 rings (SSSR count). The highest BCUT2D eigenvalue weighted by molar-refractivity contribution is 9.10. The van der Waals surface area contributed by atoms with E-state index in [0.29, 0.717) is 0 Å². The second kappa shape index (κ2) is 6.77. The fourth-order valence-corrected chi connectivity index (χ4v) is 1.51. The molecule has 0 saturated carbocycles. The molecule has 17 heavy (non-hydrogen) atoms. The minimum absolute atomic E-state index is 0.0190. The van der Waals surface area contributed by atoms with Gasteiger partial charge in [0.15, 0.2) is 0 Å². The van der Waals surface area contributed by atoms with Gasteiger partial charge in [0.1, 0.15) is 12.0 Å². The van der Waals surface area contributed by atoms with Crippen molar-refractivity contribution in [1.29, 1.82) is 0 Å². The van der Waals surface area contributed by atoms with Crippen molar-refractivity contribution in [2.75, 3.05) is 0 Å². The van der Waals surface area contributed by atoms with Crippen LogP contribution in [0.2, 0.25) is 0 Å². The monoisotopic (exact) mass is 301 g/mol. The summed E-state index contributed by atoms with van der Waals surface area (Å²) in [6.45, 7) is 1.95. The molecule has 6 nitrogen and oxygen atoms in total. The Morgan fingerprint density at radius 2 is 2.35 bits per heavy atom. The number of ether oxygens (including phenoxy) is 1. The first-order valence-corrected chi connectivity index (χ1v) is 5.54. The highest BCUT2D eigenvalue weighted by Crippen LogP contribution is 2.22. The zero-order valence-corrected chi connectivity index (χ0v) is 10.8. The van der Waals surface area contributed by atoms with Crippen LogP contribution in [0, 0.1) is 6.92 Å². The van der Waals surface area contributed by atoms with E-state index in [1.165, 1.54) is 12.5 Å². The summed E-state index contributed by atoms with van der Waals surface area (Å²) in [4.78, 5) is 0. The molecule has 0 saturated heterocycles. The Balaban J connectivity index is 2.48. The average molecular weight is 302 g/mol. The molecule has 92 valence electrons. The predicted octanol–water partition coefficient (Wildman–Crippen LogP) is -0.514. The molecular weight excluding hydrogens is 288 g/mol. The van der Waals surface area contributed by atoms with Gasteiger partial charge in [-0.2, -0.15) is 5.10 Å². The van der Waals surface area contributed by atoms with Crippen molar-refractivity contribution in [3.63, 3.8) is 0 Å². The Morgan fingerprint density at radius 1 is 1.59 bits per heavy atom. The number of guanidine groups is 1. The van der Waals surface area contributed by atoms with Crippen LogP contribution in [0.5, 0.6) is 5.75 Å². The Labute approximate surface area is 107 Å². The summed E-state index contributed by atoms with van der Waals surface area (Å²) in [5, 5.41) is 10.8. The van der Waals surface area contributed by atoms with Gasteiger partial charge in [-0.05, 0) is 30.7 Å². The molecule has 0 amide bonds. The van der Waals surface area contributed by atoms with Crippen LogP contribution in [-0.2, 0) is 0 Å². The third-order valence-electron chi connectivity index (χ3n) is 1.81. The van der Waals surface area contributed by atoms with Crippen molar-refractivity contribution < 1.29 is 15.0 Å². The lowest BCUT2D eigenvalue weighted by Crippen LogP contribution is -2.85. The summed E-state index contributed by atoms with van der Waals surface area (Å²) in [7, 11) is 0. The number of hydrogen-bond acceptors (Lipinski definition) is 3. The van der Waals surface area contributed by atoms with Crippen molar-refractivity contribution in [2.24, 2.45) is 5.73 Å². The average Bonchev–Trinajstić information content (AvgIpc) is 2.30. The lowest BCUT2D eigenvalue weighted by atomic mass is 10.2. The maximum atomic E-state index is 8.36. The van der Waals surface area contributed by atoms with Gasteiger partial charge in [0.05, 0.1) is 6.20 Å². The van der Waals surface area contributed by atoms with Crippen molar-refractivity contribution >= 4 is 21.9 Å². The maximum Gasteiger partial charge on any atom is 0.391 e. The lowest BCUT2D eigenvalue weighted by molar-refractivity contribution is -0.518. The highest BCUT2D eigenvalue weighted by atomic mass is 79.9. The van der Waals surface area contributed by atoms with E-state index in [9.17, 15) is 0 Å². The largest absolute Gasteiger partial charge is 0.463 e. The molecule has 0 unspecified atom stereocenters. The SMILES string of the molecule is Cc1cc(Br)ccc1O/C=C/N[NH+]=C(N)NO. The summed E-state index contributed by atoms with van der Waals surface area (Å²) in [6, 6.07) is 5.70. The second-order valence-electron chi connectivity index (χ2n) is 3.13. The molecule has 0 radical (unpaired) electrons. The van der Waals surface area contributed by atoms with Gasteiger partial charge in [-0.3, -0.25) is 11.2 Å². The van der Waals surface area contributed by atoms with Crippen LogP contribution in [0.4, 0.5) is 0 Å². The van der Waals surface area contributed by atoms with Crippen LogP contribution in [0.3, 0.4) is 0 Å². The number of hydrazine groups is 1.